The molecule has 59 heavy (non-hydrogen) atoms. The van der Waals surface area contributed by atoms with Crippen LogP contribution in [0.4, 0.5) is 0 Å². The standard InChI is InChI=1S/C46H46Cl2N2O8S/c1-3-57-35-11-7-5-9-33(35)41-29(15-19-39(51)49-25-21-31(22-26-49)45(53)54)13-17-37(43(41)47)59-38-18-14-30(16-20-40(52)50-27-23-32(24-28-50)46(55)56)42(44(38)48)34-10-6-8-12-36(34)58-4-2/h5-20,31-32H,3-4,21-28H2,1-2H3,(H,53,54)(H,55,56)/b19-15+,20-16+. The van der Waals surface area contributed by atoms with Crippen molar-refractivity contribution in [2.24, 2.45) is 11.8 Å². The fraction of sp³-hybridized carbons (Fsp3) is 0.304. The van der Waals surface area contributed by atoms with Gasteiger partial charge in [0, 0.05) is 70.4 Å². The Morgan fingerprint density at radius 1 is 0.627 bits per heavy atom. The molecule has 0 saturated carbocycles. The van der Waals surface area contributed by atoms with Crippen LogP contribution in [0.2, 0.25) is 10.0 Å². The summed E-state index contributed by atoms with van der Waals surface area (Å²) in [5.41, 5.74) is 4.19. The van der Waals surface area contributed by atoms with E-state index in [-0.39, 0.29) is 11.8 Å². The van der Waals surface area contributed by atoms with Crippen molar-refractivity contribution >= 4 is 70.9 Å². The molecule has 4 aromatic carbocycles. The van der Waals surface area contributed by atoms with Crippen LogP contribution in [0.5, 0.6) is 11.5 Å². The Balaban J connectivity index is 1.37. The van der Waals surface area contributed by atoms with Crippen LogP contribution in [0.25, 0.3) is 34.4 Å². The number of likely N-dealkylation sites (tertiary alicyclic amines) is 2. The summed E-state index contributed by atoms with van der Waals surface area (Å²) in [7, 11) is 0. The quantitative estimate of drug-likeness (QED) is 0.119. The topological polar surface area (TPSA) is 134 Å². The maximum atomic E-state index is 13.3. The molecule has 0 unspecified atom stereocenters. The molecule has 2 saturated heterocycles. The minimum Gasteiger partial charge on any atom is -0.493 e. The van der Waals surface area contributed by atoms with E-state index in [1.165, 1.54) is 23.9 Å². The number of halogens is 2. The lowest BCUT2D eigenvalue weighted by Crippen LogP contribution is -2.39. The second-order valence-electron chi connectivity index (χ2n) is 14.2. The van der Waals surface area contributed by atoms with E-state index in [1.807, 2.05) is 86.6 Å². The molecule has 0 atom stereocenters. The number of carboxylic acids is 2. The second-order valence-corrected chi connectivity index (χ2v) is 16.0. The average molecular weight is 858 g/mol. The SMILES string of the molecule is CCOc1ccccc1-c1c(/C=C/C(=O)N2CCC(C(=O)O)CC2)ccc(Sc2ccc(/C=C/C(=O)N3CCC(C(=O)O)CC3)c(-c3ccccc3OCC)c2Cl)c1Cl. The summed E-state index contributed by atoms with van der Waals surface area (Å²) < 4.78 is 12.1. The highest BCUT2D eigenvalue weighted by Gasteiger charge is 2.28. The Morgan fingerprint density at radius 3 is 1.36 bits per heavy atom. The van der Waals surface area contributed by atoms with E-state index in [9.17, 15) is 29.4 Å². The number of rotatable bonds is 14. The minimum atomic E-state index is -0.835. The first-order valence-corrected chi connectivity index (χ1v) is 21.2. The van der Waals surface area contributed by atoms with Crippen LogP contribution in [0, 0.1) is 11.8 Å². The Bertz CT molecular complexity index is 2100. The second kappa shape index (κ2) is 20.2. The first-order chi connectivity index (χ1) is 28.5. The predicted molar refractivity (Wildman–Crippen MR) is 232 cm³/mol. The van der Waals surface area contributed by atoms with Gasteiger partial charge in [-0.3, -0.25) is 19.2 Å². The molecule has 13 heteroatoms. The van der Waals surface area contributed by atoms with E-state index in [1.54, 1.807) is 22.0 Å². The van der Waals surface area contributed by atoms with Crippen LogP contribution >= 0.6 is 35.0 Å². The fourth-order valence-corrected chi connectivity index (χ4v) is 9.05. The van der Waals surface area contributed by atoms with Crippen LogP contribution in [0.1, 0.15) is 50.7 Å². The molecule has 0 aliphatic carbocycles. The molecule has 2 aliphatic rings. The molecular weight excluding hydrogens is 811 g/mol. The molecule has 0 spiro atoms. The number of piperidine rings is 2. The summed E-state index contributed by atoms with van der Waals surface area (Å²) in [4.78, 5) is 54.2. The van der Waals surface area contributed by atoms with Gasteiger partial charge in [-0.2, -0.15) is 0 Å². The Labute approximate surface area is 358 Å². The zero-order valence-corrected chi connectivity index (χ0v) is 35.2. The Hall–Kier alpha value is -5.23. The molecule has 0 bridgehead atoms. The Kier molecular flexibility index (Phi) is 14.8. The zero-order valence-electron chi connectivity index (χ0n) is 32.9. The van der Waals surface area contributed by atoms with Gasteiger partial charge in [-0.1, -0.05) is 83.5 Å². The monoisotopic (exact) mass is 856 g/mol. The zero-order chi connectivity index (χ0) is 42.1. The number of para-hydroxylation sites is 2. The molecular formula is C46H46Cl2N2O8S. The lowest BCUT2D eigenvalue weighted by molar-refractivity contribution is -0.145. The molecule has 0 radical (unpaired) electrons. The van der Waals surface area contributed by atoms with Gasteiger partial charge in [0.2, 0.25) is 11.8 Å². The molecule has 0 aromatic heterocycles. The largest absolute Gasteiger partial charge is 0.493 e. The van der Waals surface area contributed by atoms with Gasteiger partial charge in [0.15, 0.2) is 0 Å². The average Bonchev–Trinajstić information content (AvgIpc) is 3.24. The van der Waals surface area contributed by atoms with Gasteiger partial charge in [0.1, 0.15) is 11.5 Å². The van der Waals surface area contributed by atoms with Gasteiger partial charge >= 0.3 is 11.9 Å². The van der Waals surface area contributed by atoms with E-state index in [0.717, 1.165) is 11.1 Å². The number of ether oxygens (including phenoxy) is 2. The van der Waals surface area contributed by atoms with Crippen molar-refractivity contribution in [2.45, 2.75) is 49.3 Å². The highest BCUT2D eigenvalue weighted by Crippen LogP contribution is 2.48. The van der Waals surface area contributed by atoms with E-state index in [0.29, 0.717) is 119 Å². The highest BCUT2D eigenvalue weighted by molar-refractivity contribution is 7.99. The summed E-state index contributed by atoms with van der Waals surface area (Å²) >= 11 is 16.1. The van der Waals surface area contributed by atoms with Crippen molar-refractivity contribution in [1.29, 1.82) is 0 Å². The lowest BCUT2D eigenvalue weighted by Gasteiger charge is -2.29. The lowest BCUT2D eigenvalue weighted by atomic mass is 9.96. The number of carbonyl (C=O) groups is 4. The fourth-order valence-electron chi connectivity index (χ4n) is 7.38. The molecule has 2 fully saturated rings. The minimum absolute atomic E-state index is 0.210. The molecule has 2 heterocycles. The summed E-state index contributed by atoms with van der Waals surface area (Å²) in [6, 6.07) is 22.7. The molecule has 4 aromatic rings. The van der Waals surface area contributed by atoms with Crippen LogP contribution in [0.3, 0.4) is 0 Å². The van der Waals surface area contributed by atoms with Gasteiger partial charge in [-0.05, 0) is 87.1 Å². The summed E-state index contributed by atoms with van der Waals surface area (Å²) in [6.45, 7) is 6.13. The smallest absolute Gasteiger partial charge is 0.306 e. The summed E-state index contributed by atoms with van der Waals surface area (Å²) in [6.07, 6.45) is 8.10. The molecule has 2 N–H and O–H groups in total. The number of carboxylic acid groups (broad SMARTS) is 2. The number of hydrogen-bond acceptors (Lipinski definition) is 7. The maximum Gasteiger partial charge on any atom is 0.306 e. The summed E-state index contributed by atoms with van der Waals surface area (Å²) in [5, 5.41) is 19.6. The van der Waals surface area contributed by atoms with Crippen molar-refractivity contribution in [3.63, 3.8) is 0 Å². The third-order valence-electron chi connectivity index (χ3n) is 10.5. The van der Waals surface area contributed by atoms with Gasteiger partial charge in [0.05, 0.1) is 35.1 Å². The van der Waals surface area contributed by atoms with Crippen molar-refractivity contribution < 1.29 is 38.9 Å². The van der Waals surface area contributed by atoms with E-state index >= 15 is 0 Å². The molecule has 2 amide bonds. The number of aliphatic carboxylic acids is 2. The molecule has 308 valence electrons. The normalized spacial score (nSPS) is 15.2. The first-order valence-electron chi connectivity index (χ1n) is 19.7. The van der Waals surface area contributed by atoms with Crippen LogP contribution in [0.15, 0.2) is 94.7 Å². The number of amides is 2. The van der Waals surface area contributed by atoms with Gasteiger partial charge < -0.3 is 29.5 Å². The number of hydrogen-bond donors (Lipinski definition) is 2. The van der Waals surface area contributed by atoms with E-state index < -0.39 is 23.8 Å². The highest BCUT2D eigenvalue weighted by atomic mass is 35.5. The van der Waals surface area contributed by atoms with Crippen molar-refractivity contribution in [3.05, 3.63) is 106 Å². The molecule has 2 aliphatic heterocycles. The maximum absolute atomic E-state index is 13.3. The number of carbonyl (C=O) groups excluding carboxylic acids is 2. The van der Waals surface area contributed by atoms with Crippen molar-refractivity contribution in [3.8, 4) is 33.8 Å². The van der Waals surface area contributed by atoms with Gasteiger partial charge in [-0.25, -0.2) is 0 Å². The van der Waals surface area contributed by atoms with Crippen LogP contribution in [-0.4, -0.2) is 83.2 Å². The van der Waals surface area contributed by atoms with Gasteiger partial charge in [-0.15, -0.1) is 0 Å². The summed E-state index contributed by atoms with van der Waals surface area (Å²) in [5.74, 6) is -1.74. The van der Waals surface area contributed by atoms with Gasteiger partial charge in [0.25, 0.3) is 0 Å². The van der Waals surface area contributed by atoms with Crippen molar-refractivity contribution in [1.82, 2.24) is 9.80 Å². The van der Waals surface area contributed by atoms with E-state index in [2.05, 4.69) is 0 Å². The number of nitrogens with zero attached hydrogens (tertiary/aromatic N) is 2. The van der Waals surface area contributed by atoms with Crippen LogP contribution < -0.4 is 9.47 Å². The predicted octanol–water partition coefficient (Wildman–Crippen LogP) is 9.95. The third kappa shape index (κ3) is 10.3. The number of benzene rings is 4. The van der Waals surface area contributed by atoms with Crippen molar-refractivity contribution in [2.75, 3.05) is 39.4 Å². The molecule has 6 rings (SSSR count). The molecule has 10 nitrogen and oxygen atoms in total. The first kappa shape index (κ1) is 43.4. The Morgan fingerprint density at radius 2 is 1.00 bits per heavy atom. The van der Waals surface area contributed by atoms with Crippen LogP contribution in [-0.2, 0) is 19.2 Å². The third-order valence-corrected chi connectivity index (χ3v) is 12.7. The van der Waals surface area contributed by atoms with E-state index in [4.69, 9.17) is 32.7 Å².